The van der Waals surface area contributed by atoms with Crippen LogP contribution in [0.1, 0.15) is 66.9 Å². The highest BCUT2D eigenvalue weighted by molar-refractivity contribution is 5.97. The Morgan fingerprint density at radius 2 is 2.00 bits per heavy atom. The highest BCUT2D eigenvalue weighted by Gasteiger charge is 2.24. The molecule has 2 aliphatic heterocycles. The average molecular weight is 464 g/mol. The molecule has 2 aliphatic rings. The van der Waals surface area contributed by atoms with Crippen LogP contribution < -0.4 is 15.4 Å². The van der Waals surface area contributed by atoms with Gasteiger partial charge in [-0.05, 0) is 93.5 Å². The number of likely N-dealkylation sites (tertiary alicyclic amines) is 1. The first-order chi connectivity index (χ1) is 16.4. The number of piperidine rings is 1. The summed E-state index contributed by atoms with van der Waals surface area (Å²) in [6.07, 6.45) is 5.40. The summed E-state index contributed by atoms with van der Waals surface area (Å²) in [5.41, 5.74) is 4.19. The van der Waals surface area contributed by atoms with Crippen LogP contribution in [0.2, 0.25) is 0 Å². The van der Waals surface area contributed by atoms with E-state index in [0.29, 0.717) is 37.9 Å². The molecule has 1 unspecified atom stereocenters. The second-order valence-corrected chi connectivity index (χ2v) is 9.24. The topological polar surface area (TPSA) is 87.7 Å². The van der Waals surface area contributed by atoms with Crippen LogP contribution >= 0.6 is 0 Å². The summed E-state index contributed by atoms with van der Waals surface area (Å²) in [6.45, 7) is 5.25. The molecular weight excluding hydrogens is 430 g/mol. The number of benzene rings is 2. The molecule has 2 aromatic rings. The van der Waals surface area contributed by atoms with Gasteiger partial charge in [-0.1, -0.05) is 0 Å². The van der Waals surface area contributed by atoms with Crippen LogP contribution in [0, 0.1) is 6.92 Å². The molecule has 0 saturated carbocycles. The molecule has 1 atom stereocenters. The molecule has 2 heterocycles. The van der Waals surface area contributed by atoms with E-state index < -0.39 is 0 Å². The summed E-state index contributed by atoms with van der Waals surface area (Å²) in [4.78, 5) is 38.7. The molecule has 180 valence electrons. The molecule has 0 aromatic heterocycles. The van der Waals surface area contributed by atoms with Crippen molar-refractivity contribution in [2.45, 2.75) is 64.8 Å². The largest absolute Gasteiger partial charge is 0.494 e. The van der Waals surface area contributed by atoms with Crippen molar-refractivity contribution in [2.75, 3.05) is 23.8 Å². The van der Waals surface area contributed by atoms with E-state index in [2.05, 4.69) is 17.6 Å². The number of ether oxygens (including phenoxy) is 1. The van der Waals surface area contributed by atoms with Crippen molar-refractivity contribution in [3.8, 4) is 5.75 Å². The zero-order chi connectivity index (χ0) is 24.1. The maximum Gasteiger partial charge on any atom is 0.254 e. The number of fused-ring (bicyclic) bond motifs is 1. The monoisotopic (exact) mass is 463 g/mol. The fourth-order valence-corrected chi connectivity index (χ4v) is 4.59. The van der Waals surface area contributed by atoms with E-state index >= 15 is 0 Å². The van der Waals surface area contributed by atoms with Crippen LogP contribution in [0.3, 0.4) is 0 Å². The summed E-state index contributed by atoms with van der Waals surface area (Å²) >= 11 is 0. The van der Waals surface area contributed by atoms with Gasteiger partial charge in [0.2, 0.25) is 11.8 Å². The van der Waals surface area contributed by atoms with Crippen molar-refractivity contribution in [3.63, 3.8) is 0 Å². The molecule has 1 fully saturated rings. The van der Waals surface area contributed by atoms with Crippen molar-refractivity contribution in [3.05, 3.63) is 53.1 Å². The van der Waals surface area contributed by atoms with Crippen molar-refractivity contribution in [1.29, 1.82) is 0 Å². The highest BCUT2D eigenvalue weighted by atomic mass is 16.5. The van der Waals surface area contributed by atoms with Gasteiger partial charge in [-0.15, -0.1) is 0 Å². The molecule has 7 nitrogen and oxygen atoms in total. The average Bonchev–Trinajstić information content (AvgIpc) is 2.83. The van der Waals surface area contributed by atoms with Crippen molar-refractivity contribution < 1.29 is 19.1 Å². The summed E-state index contributed by atoms with van der Waals surface area (Å²) in [5, 5.41) is 5.81. The standard InChI is InChI=1S/C27H33N3O4/c1-18-16-21(27(33)30-14-4-3-6-19(30)2)8-11-23(18)28-25(31)7-5-15-34-22-10-12-24-20(17-22)9-13-26(32)29-24/h8,10-12,16-17,19H,3-7,9,13-15H2,1-2H3,(H,28,31)(H,29,32). The van der Waals surface area contributed by atoms with Gasteiger partial charge >= 0.3 is 0 Å². The Balaban J connectivity index is 1.24. The smallest absolute Gasteiger partial charge is 0.254 e. The minimum Gasteiger partial charge on any atom is -0.494 e. The first kappa shape index (κ1) is 23.8. The molecule has 0 spiro atoms. The number of hydrogen-bond donors (Lipinski definition) is 2. The van der Waals surface area contributed by atoms with Gasteiger partial charge in [-0.25, -0.2) is 0 Å². The molecule has 0 radical (unpaired) electrons. The van der Waals surface area contributed by atoms with E-state index in [1.54, 1.807) is 6.07 Å². The lowest BCUT2D eigenvalue weighted by Crippen LogP contribution is -2.42. The quantitative estimate of drug-likeness (QED) is 0.583. The predicted octanol–water partition coefficient (Wildman–Crippen LogP) is 4.69. The lowest BCUT2D eigenvalue weighted by atomic mass is 10.0. The fourth-order valence-electron chi connectivity index (χ4n) is 4.59. The van der Waals surface area contributed by atoms with Crippen LogP contribution in [0.4, 0.5) is 11.4 Å². The molecule has 34 heavy (non-hydrogen) atoms. The van der Waals surface area contributed by atoms with Crippen LogP contribution in [0.25, 0.3) is 0 Å². The van der Waals surface area contributed by atoms with Crippen molar-refractivity contribution >= 4 is 29.1 Å². The molecule has 0 aliphatic carbocycles. The van der Waals surface area contributed by atoms with Crippen LogP contribution in [0.15, 0.2) is 36.4 Å². The zero-order valence-electron chi connectivity index (χ0n) is 20.0. The minimum absolute atomic E-state index is 0.0419. The summed E-state index contributed by atoms with van der Waals surface area (Å²) < 4.78 is 5.80. The van der Waals surface area contributed by atoms with Gasteiger partial charge in [0.25, 0.3) is 5.91 Å². The van der Waals surface area contributed by atoms with Gasteiger partial charge in [0.1, 0.15) is 5.75 Å². The second kappa shape index (κ2) is 10.7. The van der Waals surface area contributed by atoms with Crippen LogP contribution in [0.5, 0.6) is 5.75 Å². The van der Waals surface area contributed by atoms with E-state index in [-0.39, 0.29) is 23.8 Å². The summed E-state index contributed by atoms with van der Waals surface area (Å²) in [7, 11) is 0. The van der Waals surface area contributed by atoms with E-state index in [4.69, 9.17) is 4.74 Å². The van der Waals surface area contributed by atoms with Gasteiger partial charge in [-0.2, -0.15) is 0 Å². The SMILES string of the molecule is Cc1cc(C(=O)N2CCCCC2C)ccc1NC(=O)CCCOc1ccc2c(c1)CCC(=O)N2. The van der Waals surface area contributed by atoms with E-state index in [1.165, 1.54) is 6.42 Å². The molecule has 1 saturated heterocycles. The first-order valence-electron chi connectivity index (χ1n) is 12.2. The van der Waals surface area contributed by atoms with Gasteiger partial charge in [0.15, 0.2) is 0 Å². The van der Waals surface area contributed by atoms with E-state index in [9.17, 15) is 14.4 Å². The normalized spacial score (nSPS) is 17.5. The van der Waals surface area contributed by atoms with E-state index in [1.807, 2.05) is 42.2 Å². The van der Waals surface area contributed by atoms with Crippen molar-refractivity contribution in [2.24, 2.45) is 0 Å². The number of rotatable bonds is 7. The minimum atomic E-state index is -0.0800. The van der Waals surface area contributed by atoms with Gasteiger partial charge in [0.05, 0.1) is 6.61 Å². The number of nitrogens with one attached hydrogen (secondary N) is 2. The Hall–Kier alpha value is -3.35. The van der Waals surface area contributed by atoms with Gasteiger partial charge in [0, 0.05) is 42.4 Å². The molecule has 0 bridgehead atoms. The lowest BCUT2D eigenvalue weighted by molar-refractivity contribution is -0.117. The number of anilines is 2. The number of nitrogens with zero attached hydrogens (tertiary/aromatic N) is 1. The first-order valence-corrected chi connectivity index (χ1v) is 12.2. The molecule has 4 rings (SSSR count). The number of carbonyl (C=O) groups excluding carboxylic acids is 3. The molecule has 2 aromatic carbocycles. The number of hydrogen-bond acceptors (Lipinski definition) is 4. The molecular formula is C27H33N3O4. The van der Waals surface area contributed by atoms with Crippen LogP contribution in [-0.4, -0.2) is 41.8 Å². The fraction of sp³-hybridized carbons (Fsp3) is 0.444. The zero-order valence-corrected chi connectivity index (χ0v) is 20.0. The predicted molar refractivity (Wildman–Crippen MR) is 132 cm³/mol. The maximum atomic E-state index is 12.9. The Labute approximate surface area is 200 Å². The number of aryl methyl sites for hydroxylation is 2. The Morgan fingerprint density at radius 3 is 2.79 bits per heavy atom. The second-order valence-electron chi connectivity index (χ2n) is 9.24. The summed E-state index contributed by atoms with van der Waals surface area (Å²) in [6, 6.07) is 11.4. The van der Waals surface area contributed by atoms with Crippen LogP contribution in [-0.2, 0) is 16.0 Å². The number of carbonyl (C=O) groups is 3. The van der Waals surface area contributed by atoms with Crippen molar-refractivity contribution in [1.82, 2.24) is 4.90 Å². The third kappa shape index (κ3) is 5.76. The third-order valence-electron chi connectivity index (χ3n) is 6.60. The lowest BCUT2D eigenvalue weighted by Gasteiger charge is -2.33. The molecule has 2 N–H and O–H groups in total. The molecule has 7 heteroatoms. The number of amides is 3. The van der Waals surface area contributed by atoms with E-state index in [0.717, 1.165) is 47.6 Å². The Bertz CT molecular complexity index is 1080. The third-order valence-corrected chi connectivity index (χ3v) is 6.60. The summed E-state index contributed by atoms with van der Waals surface area (Å²) in [5.74, 6) is 0.771. The van der Waals surface area contributed by atoms with Gasteiger partial charge < -0.3 is 20.3 Å². The van der Waals surface area contributed by atoms with Gasteiger partial charge in [-0.3, -0.25) is 14.4 Å². The maximum absolute atomic E-state index is 12.9. The highest BCUT2D eigenvalue weighted by Crippen LogP contribution is 2.27. The Morgan fingerprint density at radius 1 is 1.15 bits per heavy atom. The molecule has 3 amide bonds. The Kier molecular flexibility index (Phi) is 7.50.